The van der Waals surface area contributed by atoms with Crippen LogP contribution in [0.15, 0.2) is 60.3 Å². The van der Waals surface area contributed by atoms with E-state index in [1.165, 1.54) is 5.57 Å². The summed E-state index contributed by atoms with van der Waals surface area (Å²) in [4.78, 5) is 0. The molecule has 0 aliphatic carbocycles. The molecule has 2 heterocycles. The first kappa shape index (κ1) is 44.6. The van der Waals surface area contributed by atoms with Gasteiger partial charge in [0.25, 0.3) is 0 Å². The molecule has 2 rings (SSSR count). The van der Waals surface area contributed by atoms with Crippen molar-refractivity contribution in [2.45, 2.75) is 173 Å². The van der Waals surface area contributed by atoms with Crippen LogP contribution in [0.4, 0.5) is 0 Å². The molecule has 284 valence electrons. The average Bonchev–Trinajstić information content (AvgIpc) is 3.00. The van der Waals surface area contributed by atoms with Crippen molar-refractivity contribution in [3.63, 3.8) is 0 Å². The van der Waals surface area contributed by atoms with Crippen molar-refractivity contribution in [2.24, 2.45) is 0 Å². The zero-order chi connectivity index (χ0) is 37.6. The molecular formula is C42H72O6Si2. The standard InChI is InChI=1S/C42H72O6Si2/c1-15-19-35-22-17-23-36(46-35)21-16-20-33(2)30-37(45-32-43-10)24-18-25-39(47-49(11,12)41(4,5)6)40(48-50(13,14)42(7,8)9)27-26-38-31-34(3)28-29-44-38/h1,17-18,22,24,26-28,35-40H,2,16,19-21,23,25,29-32H2,3-14H3/b24-18+,27-26+/t35-,36-,37-,38-,39+,40+/m1/s1. The second kappa shape index (κ2) is 20.6. The molecule has 0 aromatic heterocycles. The number of hydrogen-bond donors (Lipinski definition) is 0. The molecule has 0 fully saturated rings. The zero-order valence-electron chi connectivity index (χ0n) is 33.8. The first-order valence-electron chi connectivity index (χ1n) is 18.8. The van der Waals surface area contributed by atoms with E-state index in [-0.39, 0.29) is 53.5 Å². The first-order valence-corrected chi connectivity index (χ1v) is 24.6. The summed E-state index contributed by atoms with van der Waals surface area (Å²) < 4.78 is 38.1. The fourth-order valence-electron chi connectivity index (χ4n) is 5.51. The normalized spacial score (nSPS) is 22.8. The second-order valence-corrected chi connectivity index (χ2v) is 26.8. The van der Waals surface area contributed by atoms with Crippen LogP contribution in [-0.4, -0.2) is 73.8 Å². The van der Waals surface area contributed by atoms with Crippen molar-refractivity contribution in [1.82, 2.24) is 0 Å². The van der Waals surface area contributed by atoms with Gasteiger partial charge in [0.15, 0.2) is 16.6 Å². The Labute approximate surface area is 309 Å². The fourth-order valence-corrected chi connectivity index (χ4v) is 8.11. The van der Waals surface area contributed by atoms with E-state index < -0.39 is 16.6 Å². The lowest BCUT2D eigenvalue weighted by Crippen LogP contribution is -2.51. The summed E-state index contributed by atoms with van der Waals surface area (Å²) >= 11 is 0. The molecule has 0 saturated heterocycles. The molecule has 0 unspecified atom stereocenters. The predicted molar refractivity (Wildman–Crippen MR) is 215 cm³/mol. The Morgan fingerprint density at radius 1 is 1.08 bits per heavy atom. The largest absolute Gasteiger partial charge is 0.411 e. The monoisotopic (exact) mass is 728 g/mol. The van der Waals surface area contributed by atoms with Gasteiger partial charge < -0.3 is 27.8 Å². The van der Waals surface area contributed by atoms with Crippen molar-refractivity contribution in [3.05, 3.63) is 60.3 Å². The number of terminal acetylenes is 1. The van der Waals surface area contributed by atoms with Gasteiger partial charge in [-0.3, -0.25) is 0 Å². The van der Waals surface area contributed by atoms with E-state index in [4.69, 9.17) is 34.2 Å². The van der Waals surface area contributed by atoms with Gasteiger partial charge in [-0.2, -0.15) is 0 Å². The second-order valence-electron chi connectivity index (χ2n) is 17.3. The molecule has 0 saturated carbocycles. The van der Waals surface area contributed by atoms with Gasteiger partial charge in [0, 0.05) is 13.5 Å². The van der Waals surface area contributed by atoms with E-state index >= 15 is 0 Å². The Morgan fingerprint density at radius 3 is 2.38 bits per heavy atom. The van der Waals surface area contributed by atoms with Crippen molar-refractivity contribution in [2.75, 3.05) is 20.5 Å². The van der Waals surface area contributed by atoms with Crippen LogP contribution in [-0.2, 0) is 27.8 Å². The van der Waals surface area contributed by atoms with Gasteiger partial charge >= 0.3 is 0 Å². The average molecular weight is 729 g/mol. The van der Waals surface area contributed by atoms with Gasteiger partial charge in [-0.15, -0.1) is 12.3 Å². The van der Waals surface area contributed by atoms with Crippen LogP contribution >= 0.6 is 0 Å². The first-order chi connectivity index (χ1) is 23.3. The Bertz CT molecular complexity index is 1200. The molecule has 0 N–H and O–H groups in total. The van der Waals surface area contributed by atoms with Crippen LogP contribution in [0.5, 0.6) is 0 Å². The van der Waals surface area contributed by atoms with E-state index in [0.717, 1.165) is 44.1 Å². The summed E-state index contributed by atoms with van der Waals surface area (Å²) in [6.45, 7) is 30.5. The molecule has 0 aromatic carbocycles. The smallest absolute Gasteiger partial charge is 0.193 e. The minimum absolute atomic E-state index is 0.0349. The maximum atomic E-state index is 7.23. The summed E-state index contributed by atoms with van der Waals surface area (Å²) in [5, 5.41) is 0.109. The van der Waals surface area contributed by atoms with Gasteiger partial charge in [0.05, 0.1) is 43.2 Å². The van der Waals surface area contributed by atoms with Gasteiger partial charge in [-0.05, 0) is 88.1 Å². The van der Waals surface area contributed by atoms with E-state index in [2.05, 4.69) is 130 Å². The Kier molecular flexibility index (Phi) is 18.4. The molecule has 6 nitrogen and oxygen atoms in total. The number of hydrogen-bond acceptors (Lipinski definition) is 6. The third-order valence-corrected chi connectivity index (χ3v) is 19.7. The van der Waals surface area contributed by atoms with Crippen molar-refractivity contribution in [1.29, 1.82) is 0 Å². The molecule has 0 amide bonds. The van der Waals surface area contributed by atoms with Gasteiger partial charge in [-0.1, -0.05) is 102 Å². The lowest BCUT2D eigenvalue weighted by atomic mass is 9.99. The third-order valence-electron chi connectivity index (χ3n) is 10.7. The molecular weight excluding hydrogens is 657 g/mol. The van der Waals surface area contributed by atoms with Crippen LogP contribution in [0.2, 0.25) is 36.3 Å². The molecule has 2 aliphatic rings. The van der Waals surface area contributed by atoms with Crippen LogP contribution in [0.25, 0.3) is 0 Å². The van der Waals surface area contributed by atoms with Crippen LogP contribution < -0.4 is 0 Å². The SMILES string of the molecule is C#CC[C@@H]1C=CC[C@@H](CCCC(=C)C[C@@H](/C=C/C[C@H](O[Si](C)(C)C(C)(C)C)[C@H](/C=C/[C@@H]2CC(C)=CCO2)O[Si](C)(C)C(C)(C)C)OCOC)O1. The topological polar surface area (TPSA) is 55.4 Å². The lowest BCUT2D eigenvalue weighted by molar-refractivity contribution is -0.0552. The molecule has 0 spiro atoms. The lowest BCUT2D eigenvalue weighted by Gasteiger charge is -2.44. The summed E-state index contributed by atoms with van der Waals surface area (Å²) in [7, 11) is -2.65. The molecule has 0 radical (unpaired) electrons. The maximum Gasteiger partial charge on any atom is 0.193 e. The fraction of sp³-hybridized carbons (Fsp3) is 0.714. The molecule has 8 heteroatoms. The molecule has 0 bridgehead atoms. The minimum Gasteiger partial charge on any atom is -0.411 e. The molecule has 0 aromatic rings. The van der Waals surface area contributed by atoms with Crippen molar-refractivity contribution >= 4 is 16.6 Å². The molecule has 2 aliphatic heterocycles. The Balaban J connectivity index is 2.26. The highest BCUT2D eigenvalue weighted by atomic mass is 28.4. The van der Waals surface area contributed by atoms with Crippen LogP contribution in [0, 0.1) is 12.3 Å². The number of rotatable bonds is 20. The quantitative estimate of drug-likeness (QED) is 0.0538. The van der Waals surface area contributed by atoms with Gasteiger partial charge in [0.1, 0.15) is 6.79 Å². The summed E-state index contributed by atoms with van der Waals surface area (Å²) in [6.07, 6.45) is 27.4. The van der Waals surface area contributed by atoms with Crippen LogP contribution in [0.1, 0.15) is 99.8 Å². The Morgan fingerprint density at radius 2 is 1.76 bits per heavy atom. The van der Waals surface area contributed by atoms with E-state index in [1.807, 2.05) is 0 Å². The maximum absolute atomic E-state index is 7.23. The third kappa shape index (κ3) is 15.6. The predicted octanol–water partition coefficient (Wildman–Crippen LogP) is 10.8. The highest BCUT2D eigenvalue weighted by Crippen LogP contribution is 2.41. The highest BCUT2D eigenvalue weighted by molar-refractivity contribution is 6.74. The van der Waals surface area contributed by atoms with E-state index in [1.54, 1.807) is 7.11 Å². The highest BCUT2D eigenvalue weighted by Gasteiger charge is 2.44. The molecule has 6 atom stereocenters. The van der Waals surface area contributed by atoms with E-state index in [9.17, 15) is 0 Å². The number of methoxy groups -OCH3 is 1. The summed E-state index contributed by atoms with van der Waals surface area (Å²) in [5.41, 5.74) is 2.52. The Hall–Kier alpha value is -1.55. The number of ether oxygens (including phenoxy) is 4. The summed E-state index contributed by atoms with van der Waals surface area (Å²) in [6, 6.07) is 0. The van der Waals surface area contributed by atoms with Gasteiger partial charge in [0.2, 0.25) is 0 Å². The molecule has 50 heavy (non-hydrogen) atoms. The van der Waals surface area contributed by atoms with Crippen LogP contribution in [0.3, 0.4) is 0 Å². The van der Waals surface area contributed by atoms with Gasteiger partial charge in [-0.25, -0.2) is 0 Å². The zero-order valence-corrected chi connectivity index (χ0v) is 35.8. The van der Waals surface area contributed by atoms with Crippen molar-refractivity contribution < 1.29 is 27.8 Å². The van der Waals surface area contributed by atoms with Crippen molar-refractivity contribution in [3.8, 4) is 12.3 Å². The summed E-state index contributed by atoms with van der Waals surface area (Å²) in [5.74, 6) is 2.71. The van der Waals surface area contributed by atoms with E-state index in [0.29, 0.717) is 19.4 Å². The minimum atomic E-state index is -2.16.